The van der Waals surface area contributed by atoms with Gasteiger partial charge in [0, 0.05) is 36.8 Å². The first-order valence-electron chi connectivity index (χ1n) is 9.37. The van der Waals surface area contributed by atoms with E-state index in [1.165, 1.54) is 0 Å². The van der Waals surface area contributed by atoms with Gasteiger partial charge in [0.25, 0.3) is 5.56 Å². The Morgan fingerprint density at radius 3 is 2.93 bits per heavy atom. The molecule has 1 fully saturated rings. The third-order valence-electron chi connectivity index (χ3n) is 5.08. The number of nitrogens with one attached hydrogen (secondary N) is 2. The summed E-state index contributed by atoms with van der Waals surface area (Å²) in [5.41, 5.74) is 2.00. The highest BCUT2D eigenvalue weighted by molar-refractivity contribution is 6.31. The molecule has 3 aromatic rings. The third kappa shape index (κ3) is 4.19. The van der Waals surface area contributed by atoms with Gasteiger partial charge >= 0.3 is 5.76 Å². The van der Waals surface area contributed by atoms with Crippen molar-refractivity contribution < 1.29 is 9.26 Å². The maximum absolute atomic E-state index is 13.0. The molecule has 1 saturated heterocycles. The van der Waals surface area contributed by atoms with Crippen molar-refractivity contribution in [1.82, 2.24) is 20.0 Å². The van der Waals surface area contributed by atoms with Gasteiger partial charge in [0.2, 0.25) is 0 Å². The lowest BCUT2D eigenvalue weighted by Crippen LogP contribution is -2.32. The summed E-state index contributed by atoms with van der Waals surface area (Å²) in [6, 6.07) is 9.27. The van der Waals surface area contributed by atoms with E-state index in [9.17, 15) is 9.59 Å². The first kappa shape index (κ1) is 19.6. The fourth-order valence-electron chi connectivity index (χ4n) is 3.56. The van der Waals surface area contributed by atoms with E-state index in [4.69, 9.17) is 16.3 Å². The number of hydrogen-bond acceptors (Lipinski definition) is 6. The monoisotopic (exact) mass is 416 g/mol. The van der Waals surface area contributed by atoms with E-state index in [1.54, 1.807) is 22.9 Å². The van der Waals surface area contributed by atoms with Gasteiger partial charge in [-0.15, -0.1) is 0 Å². The fourth-order valence-corrected chi connectivity index (χ4v) is 3.75. The molecule has 3 heterocycles. The van der Waals surface area contributed by atoms with Crippen LogP contribution in [0.2, 0.25) is 5.02 Å². The topological polar surface area (TPSA) is 102 Å². The number of nitrogens with zero attached hydrogens (tertiary/aromatic N) is 2. The van der Waals surface area contributed by atoms with Gasteiger partial charge in [-0.25, -0.2) is 4.79 Å². The quantitative estimate of drug-likeness (QED) is 0.675. The summed E-state index contributed by atoms with van der Waals surface area (Å²) >= 11 is 6.33. The molecule has 2 unspecified atom stereocenters. The number of aromatic nitrogens is 3. The van der Waals surface area contributed by atoms with Gasteiger partial charge in [-0.2, -0.15) is 0 Å². The molecule has 2 aromatic heterocycles. The Hall–Kier alpha value is -2.68. The van der Waals surface area contributed by atoms with Gasteiger partial charge < -0.3 is 14.6 Å². The van der Waals surface area contributed by atoms with Gasteiger partial charge in [0.15, 0.2) is 5.82 Å². The second-order valence-corrected chi connectivity index (χ2v) is 7.49. The van der Waals surface area contributed by atoms with Crippen LogP contribution in [0, 0.1) is 12.8 Å². The van der Waals surface area contributed by atoms with Crippen LogP contribution in [0.3, 0.4) is 0 Å². The molecule has 4 rings (SSSR count). The summed E-state index contributed by atoms with van der Waals surface area (Å²) in [5, 5.41) is 7.68. The highest BCUT2D eigenvalue weighted by atomic mass is 35.5. The zero-order valence-corrected chi connectivity index (χ0v) is 16.6. The molecule has 0 bridgehead atoms. The zero-order chi connectivity index (χ0) is 20.4. The average Bonchev–Trinajstić information content (AvgIpc) is 3.00. The Bertz CT molecular complexity index is 1120. The Balaban J connectivity index is 1.66. The summed E-state index contributed by atoms with van der Waals surface area (Å²) in [6.07, 6.45) is 1.51. The molecule has 9 heteroatoms. The minimum Gasteiger partial charge on any atom is -0.372 e. The first-order valence-corrected chi connectivity index (χ1v) is 9.75. The van der Waals surface area contributed by atoms with Crippen LogP contribution in [0.25, 0.3) is 11.4 Å². The Morgan fingerprint density at radius 1 is 1.31 bits per heavy atom. The number of ether oxygens (including phenoxy) is 1. The number of H-pyrrole nitrogens is 1. The maximum atomic E-state index is 13.0. The van der Waals surface area contributed by atoms with Gasteiger partial charge in [-0.05, 0) is 36.2 Å². The molecule has 0 spiro atoms. The Labute approximate surface area is 171 Å². The Morgan fingerprint density at radius 2 is 2.17 bits per heavy atom. The van der Waals surface area contributed by atoms with Crippen molar-refractivity contribution in [3.63, 3.8) is 0 Å². The van der Waals surface area contributed by atoms with Crippen molar-refractivity contribution in [3.8, 4) is 11.4 Å². The fraction of sp³-hybridized carbons (Fsp3) is 0.350. The first-order chi connectivity index (χ1) is 14.0. The lowest BCUT2D eigenvalue weighted by molar-refractivity contribution is 0.0251. The molecule has 8 nitrogen and oxygen atoms in total. The number of halogens is 1. The Kier molecular flexibility index (Phi) is 5.66. The van der Waals surface area contributed by atoms with E-state index < -0.39 is 5.76 Å². The largest absolute Gasteiger partial charge is 0.439 e. The summed E-state index contributed by atoms with van der Waals surface area (Å²) in [6.45, 7) is 4.38. The van der Waals surface area contributed by atoms with Crippen LogP contribution in [0.15, 0.2) is 50.6 Å². The van der Waals surface area contributed by atoms with Crippen LogP contribution in [0.5, 0.6) is 0 Å². The molecule has 0 saturated carbocycles. The minimum atomic E-state index is -0.701. The van der Waals surface area contributed by atoms with E-state index in [0.29, 0.717) is 24.7 Å². The van der Waals surface area contributed by atoms with Crippen molar-refractivity contribution in [2.45, 2.75) is 19.6 Å². The van der Waals surface area contributed by atoms with Gasteiger partial charge in [-0.1, -0.05) is 28.9 Å². The van der Waals surface area contributed by atoms with Gasteiger partial charge in [0.1, 0.15) is 0 Å². The highest BCUT2D eigenvalue weighted by Gasteiger charge is 2.27. The minimum absolute atomic E-state index is 0.000538. The summed E-state index contributed by atoms with van der Waals surface area (Å²) in [4.78, 5) is 26.6. The predicted octanol–water partition coefficient (Wildman–Crippen LogP) is 2.13. The normalized spacial score (nSPS) is 19.8. The van der Waals surface area contributed by atoms with E-state index in [2.05, 4.69) is 20.0 Å². The summed E-state index contributed by atoms with van der Waals surface area (Å²) < 4.78 is 12.2. The molecule has 1 aromatic carbocycles. The predicted molar refractivity (Wildman–Crippen MR) is 108 cm³/mol. The second-order valence-electron chi connectivity index (χ2n) is 7.09. The molecule has 152 valence electrons. The van der Waals surface area contributed by atoms with Crippen LogP contribution in [-0.2, 0) is 11.3 Å². The van der Waals surface area contributed by atoms with Crippen LogP contribution >= 0.6 is 11.6 Å². The smallest absolute Gasteiger partial charge is 0.372 e. The molecule has 1 aliphatic heterocycles. The van der Waals surface area contributed by atoms with Crippen molar-refractivity contribution in [2.24, 2.45) is 5.92 Å². The molecule has 1 aliphatic rings. The standard InChI is InChI=1S/C20H21ClN4O4/c1-12-4-5-13(9-16(12)21)17-14(10-22-6-8-28-17)11-25-7-2-3-15(19(25)26)18-23-20(27)29-24-18/h2-5,7,9,14,17,22H,6,8,10-11H2,1H3,(H,23,24,27). The van der Waals surface area contributed by atoms with Crippen molar-refractivity contribution in [1.29, 1.82) is 0 Å². The van der Waals surface area contributed by atoms with Crippen LogP contribution in [-0.4, -0.2) is 34.4 Å². The van der Waals surface area contributed by atoms with E-state index in [1.807, 2.05) is 25.1 Å². The second kappa shape index (κ2) is 8.36. The van der Waals surface area contributed by atoms with Crippen molar-refractivity contribution >= 4 is 11.6 Å². The van der Waals surface area contributed by atoms with Crippen molar-refractivity contribution in [2.75, 3.05) is 19.7 Å². The molecule has 2 atom stereocenters. The van der Waals surface area contributed by atoms with Crippen LogP contribution < -0.4 is 16.6 Å². The summed E-state index contributed by atoms with van der Waals surface area (Å²) in [5.74, 6) is -0.584. The average molecular weight is 417 g/mol. The third-order valence-corrected chi connectivity index (χ3v) is 5.49. The van der Waals surface area contributed by atoms with Gasteiger partial charge in [0.05, 0.1) is 18.3 Å². The molecule has 0 aliphatic carbocycles. The molecule has 0 amide bonds. The number of aryl methyl sites for hydroxylation is 1. The van der Waals surface area contributed by atoms with Crippen molar-refractivity contribution in [3.05, 3.63) is 73.6 Å². The molecule has 29 heavy (non-hydrogen) atoms. The maximum Gasteiger partial charge on any atom is 0.439 e. The number of rotatable bonds is 4. The summed E-state index contributed by atoms with van der Waals surface area (Å²) in [7, 11) is 0. The lowest BCUT2D eigenvalue weighted by Gasteiger charge is -2.26. The number of benzene rings is 1. The number of pyridine rings is 1. The zero-order valence-electron chi connectivity index (χ0n) is 15.9. The van der Waals surface area contributed by atoms with E-state index in [-0.39, 0.29) is 29.0 Å². The molecular weight excluding hydrogens is 396 g/mol. The van der Waals surface area contributed by atoms with E-state index >= 15 is 0 Å². The van der Waals surface area contributed by atoms with Crippen LogP contribution in [0.4, 0.5) is 0 Å². The number of hydrogen-bond donors (Lipinski definition) is 2. The van der Waals surface area contributed by atoms with Gasteiger partial charge in [-0.3, -0.25) is 14.3 Å². The number of aromatic amines is 1. The van der Waals surface area contributed by atoms with E-state index in [0.717, 1.165) is 17.7 Å². The SMILES string of the molecule is Cc1ccc(C2OCCNCC2Cn2cccc(-c3noc(=O)[nH]3)c2=O)cc1Cl. The molecular formula is C20H21ClN4O4. The molecule has 2 N–H and O–H groups in total. The van der Waals surface area contributed by atoms with Crippen LogP contribution in [0.1, 0.15) is 17.2 Å². The molecule has 0 radical (unpaired) electrons. The lowest BCUT2D eigenvalue weighted by atomic mass is 9.94. The highest BCUT2D eigenvalue weighted by Crippen LogP contribution is 2.31.